The third kappa shape index (κ3) is 12.6. The van der Waals surface area contributed by atoms with E-state index < -0.39 is 0 Å². The standard InChI is InChI=1S/C9H9O.C5H5.2CO.Fe/c1-7-3-5-9(6-4-7)8(2)10;1-2-4-5-3-1;2*1-2;/h3-6H,1H2,2H3;1-5H;;;/q2*-1;;;+2. The first-order chi connectivity index (χ1) is 9.20. The average molecular weight is 310 g/mol. The third-order valence-corrected chi connectivity index (χ3v) is 1.92. The van der Waals surface area contributed by atoms with Gasteiger partial charge < -0.3 is 0 Å². The van der Waals surface area contributed by atoms with Gasteiger partial charge >= 0.3 is 39.7 Å². The van der Waals surface area contributed by atoms with Gasteiger partial charge in [-0.15, -0.1) is 12.1 Å². The first kappa shape index (κ1) is 23.2. The van der Waals surface area contributed by atoms with Crippen molar-refractivity contribution in [3.63, 3.8) is 0 Å². The molecule has 4 heteroatoms. The van der Waals surface area contributed by atoms with E-state index in [1.807, 2.05) is 42.5 Å². The van der Waals surface area contributed by atoms with Gasteiger partial charge in [0, 0.05) is 0 Å². The van der Waals surface area contributed by atoms with E-state index >= 15 is 0 Å². The number of benzene rings is 1. The van der Waals surface area contributed by atoms with Crippen molar-refractivity contribution in [2.45, 2.75) is 6.92 Å². The topological polar surface area (TPSA) is 56.9 Å². The van der Waals surface area contributed by atoms with Crippen molar-refractivity contribution >= 4 is 5.78 Å². The molecule has 0 atom stereocenters. The summed E-state index contributed by atoms with van der Waals surface area (Å²) in [6, 6.07) is 17.2. The Morgan fingerprint density at radius 1 is 1.05 bits per heavy atom. The number of hydrogen-bond donors (Lipinski definition) is 0. The molecule has 2 rings (SSSR count). The number of hydrogen-bond acceptors (Lipinski definition) is 1. The SMILES string of the molecule is [C-]#[O+].[C-]#[O+].[CH2-]c1ccc(C(C)=O)cc1.[Fe+2].c1cc[cH-]c1. The molecule has 20 heavy (non-hydrogen) atoms. The largest absolute Gasteiger partial charge is 2.00 e. The van der Waals surface area contributed by atoms with Gasteiger partial charge in [0.1, 0.15) is 0 Å². The molecular formula is C16H14FeO3. The van der Waals surface area contributed by atoms with E-state index in [0.717, 1.165) is 11.1 Å². The van der Waals surface area contributed by atoms with Crippen molar-refractivity contribution in [1.82, 2.24) is 0 Å². The smallest absolute Gasteiger partial charge is 0.295 e. The summed E-state index contributed by atoms with van der Waals surface area (Å²) in [7, 11) is 0. The van der Waals surface area contributed by atoms with Crippen LogP contribution in [0.25, 0.3) is 0 Å². The van der Waals surface area contributed by atoms with E-state index in [1.54, 1.807) is 19.1 Å². The van der Waals surface area contributed by atoms with E-state index in [9.17, 15) is 4.79 Å². The Bertz CT molecular complexity index is 444. The molecule has 0 radical (unpaired) electrons. The second-order valence-corrected chi connectivity index (χ2v) is 3.22. The first-order valence-corrected chi connectivity index (χ1v) is 5.20. The Morgan fingerprint density at radius 3 is 1.70 bits per heavy atom. The minimum absolute atomic E-state index is 0. The molecule has 104 valence electrons. The summed E-state index contributed by atoms with van der Waals surface area (Å²) in [5.41, 5.74) is 1.68. The summed E-state index contributed by atoms with van der Waals surface area (Å²) in [6.45, 7) is 14.3. The number of carbonyl (C=O) groups excluding carboxylic acids is 1. The molecule has 0 spiro atoms. The van der Waals surface area contributed by atoms with Crippen LogP contribution in [0.4, 0.5) is 0 Å². The van der Waals surface area contributed by atoms with Crippen LogP contribution in [0, 0.1) is 20.2 Å². The maximum absolute atomic E-state index is 10.7. The van der Waals surface area contributed by atoms with Gasteiger partial charge in [-0.2, -0.15) is 42.8 Å². The van der Waals surface area contributed by atoms with Crippen LogP contribution in [0.1, 0.15) is 22.8 Å². The van der Waals surface area contributed by atoms with Gasteiger partial charge in [0.15, 0.2) is 5.78 Å². The molecule has 2 aromatic carbocycles. The fraction of sp³-hybridized carbons (Fsp3) is 0.0625. The minimum atomic E-state index is 0. The molecule has 3 nitrogen and oxygen atoms in total. The zero-order chi connectivity index (χ0) is 15.1. The average Bonchev–Trinajstić information content (AvgIpc) is 3.03. The van der Waals surface area contributed by atoms with Crippen LogP contribution < -0.4 is 0 Å². The Balaban J connectivity index is -0.000000246. The van der Waals surface area contributed by atoms with Gasteiger partial charge in [0.25, 0.3) is 0 Å². The van der Waals surface area contributed by atoms with Crippen LogP contribution in [0.15, 0.2) is 54.6 Å². The Morgan fingerprint density at radius 2 is 1.45 bits per heavy atom. The van der Waals surface area contributed by atoms with Crippen molar-refractivity contribution < 1.29 is 31.2 Å². The maximum atomic E-state index is 10.7. The third-order valence-electron chi connectivity index (χ3n) is 1.92. The summed E-state index contributed by atoms with van der Waals surface area (Å²) < 4.78 is 15.0. The molecule has 0 fully saturated rings. The molecule has 0 amide bonds. The monoisotopic (exact) mass is 310 g/mol. The molecule has 0 saturated heterocycles. The van der Waals surface area contributed by atoms with Gasteiger partial charge in [0.05, 0.1) is 0 Å². The van der Waals surface area contributed by atoms with E-state index in [0.29, 0.717) is 0 Å². The van der Waals surface area contributed by atoms with Gasteiger partial charge in [-0.1, -0.05) is 0 Å². The predicted octanol–water partition coefficient (Wildman–Crippen LogP) is 3.40. The number of carbonyl (C=O) groups is 1. The van der Waals surface area contributed by atoms with E-state index in [4.69, 9.17) is 9.30 Å². The zero-order valence-corrected chi connectivity index (χ0v) is 12.1. The molecule has 0 aromatic heterocycles. The van der Waals surface area contributed by atoms with Crippen molar-refractivity contribution in [1.29, 1.82) is 0 Å². The molecule has 0 saturated carbocycles. The van der Waals surface area contributed by atoms with Gasteiger partial charge in [-0.05, 0) is 12.5 Å². The molecule has 0 unspecified atom stereocenters. The van der Waals surface area contributed by atoms with Crippen LogP contribution in [0.5, 0.6) is 0 Å². The molecule has 0 heterocycles. The molecule has 0 bridgehead atoms. The van der Waals surface area contributed by atoms with Crippen molar-refractivity contribution in [3.8, 4) is 0 Å². The predicted molar refractivity (Wildman–Crippen MR) is 70.8 cm³/mol. The molecule has 2 aromatic rings. The Kier molecular flexibility index (Phi) is 19.9. The van der Waals surface area contributed by atoms with Crippen molar-refractivity contribution in [3.05, 3.63) is 85.9 Å². The Hall–Kier alpha value is -1.89. The van der Waals surface area contributed by atoms with E-state index in [-0.39, 0.29) is 22.9 Å². The van der Waals surface area contributed by atoms with Crippen molar-refractivity contribution in [2.75, 3.05) is 0 Å². The van der Waals surface area contributed by atoms with Gasteiger partial charge in [0.2, 0.25) is 0 Å². The molecule has 0 aliphatic rings. The first-order valence-electron chi connectivity index (χ1n) is 5.20. The maximum Gasteiger partial charge on any atom is 2.00 e. The molecular weight excluding hydrogens is 296 g/mol. The fourth-order valence-corrected chi connectivity index (χ4v) is 1.06. The van der Waals surface area contributed by atoms with Crippen LogP contribution >= 0.6 is 0 Å². The fourth-order valence-electron chi connectivity index (χ4n) is 1.06. The molecule has 0 N–H and O–H groups in total. The second kappa shape index (κ2) is 17.1. The van der Waals surface area contributed by atoms with Gasteiger partial charge in [-0.3, -0.25) is 4.79 Å². The van der Waals surface area contributed by atoms with E-state index in [1.165, 1.54) is 0 Å². The summed E-state index contributed by atoms with van der Waals surface area (Å²) in [6.07, 6.45) is 0. The quantitative estimate of drug-likeness (QED) is 0.345. The Labute approximate surface area is 130 Å². The number of Topliss-reactive ketones (excluding diaryl/α,β-unsaturated/α-hetero) is 1. The second-order valence-electron chi connectivity index (χ2n) is 3.22. The van der Waals surface area contributed by atoms with Crippen LogP contribution in [0.2, 0.25) is 0 Å². The van der Waals surface area contributed by atoms with Crippen LogP contribution in [-0.2, 0) is 26.4 Å². The number of ketones is 1. The minimum Gasteiger partial charge on any atom is -0.295 e. The normalized spacial score (nSPS) is 6.85. The van der Waals surface area contributed by atoms with Crippen LogP contribution in [-0.4, -0.2) is 5.78 Å². The molecule has 0 aliphatic heterocycles. The van der Waals surface area contributed by atoms with Crippen LogP contribution in [0.3, 0.4) is 0 Å². The zero-order valence-electron chi connectivity index (χ0n) is 11.0. The summed E-state index contributed by atoms with van der Waals surface area (Å²) in [4.78, 5) is 10.7. The summed E-state index contributed by atoms with van der Waals surface area (Å²) >= 11 is 0. The molecule has 0 aliphatic carbocycles. The van der Waals surface area contributed by atoms with Gasteiger partial charge in [-0.25, -0.2) is 12.1 Å². The summed E-state index contributed by atoms with van der Waals surface area (Å²) in [5.74, 6) is 0.0972. The van der Waals surface area contributed by atoms with Crippen molar-refractivity contribution in [2.24, 2.45) is 0 Å². The number of rotatable bonds is 1. The van der Waals surface area contributed by atoms with E-state index in [2.05, 4.69) is 20.2 Å². The summed E-state index contributed by atoms with van der Waals surface area (Å²) in [5, 5.41) is 0.